The molecule has 2 aromatic rings. The van der Waals surface area contributed by atoms with E-state index in [1.165, 1.54) is 12.1 Å². The van der Waals surface area contributed by atoms with Gasteiger partial charge in [-0.15, -0.1) is 4.83 Å². The summed E-state index contributed by atoms with van der Waals surface area (Å²) < 4.78 is 50.0. The molecule has 0 atom stereocenters. The minimum absolute atomic E-state index is 0.208. The fraction of sp³-hybridized carbons (Fsp3) is 0. The van der Waals surface area contributed by atoms with E-state index in [0.717, 1.165) is 6.07 Å². The predicted octanol–water partition coefficient (Wildman–Crippen LogP) is 1.59. The molecule has 0 saturated carbocycles. The Bertz CT molecular complexity index is 764. The van der Waals surface area contributed by atoms with Crippen LogP contribution in [0, 0.1) is 11.6 Å². The van der Waals surface area contributed by atoms with Gasteiger partial charge in [-0.05, 0) is 30.3 Å². The molecule has 2 aromatic carbocycles. The van der Waals surface area contributed by atoms with Crippen molar-refractivity contribution in [2.45, 2.75) is 4.90 Å². The van der Waals surface area contributed by atoms with Gasteiger partial charge < -0.3 is 0 Å². The van der Waals surface area contributed by atoms with Crippen molar-refractivity contribution in [3.8, 4) is 0 Å². The van der Waals surface area contributed by atoms with Gasteiger partial charge in [-0.2, -0.15) is 0 Å². The van der Waals surface area contributed by atoms with Gasteiger partial charge in [0.1, 0.15) is 16.5 Å². The molecule has 0 aromatic heterocycles. The molecule has 110 valence electrons. The van der Waals surface area contributed by atoms with Crippen LogP contribution in [0.15, 0.2) is 53.4 Å². The third-order valence-electron chi connectivity index (χ3n) is 2.52. The Kier molecular flexibility index (Phi) is 4.29. The summed E-state index contributed by atoms with van der Waals surface area (Å²) >= 11 is 0. The molecule has 0 unspecified atom stereocenters. The van der Waals surface area contributed by atoms with Crippen LogP contribution >= 0.6 is 0 Å². The van der Waals surface area contributed by atoms with Crippen molar-refractivity contribution < 1.29 is 22.0 Å². The van der Waals surface area contributed by atoms with E-state index < -0.39 is 32.5 Å². The Morgan fingerprint density at radius 3 is 2.33 bits per heavy atom. The summed E-state index contributed by atoms with van der Waals surface area (Å²) in [5.74, 6) is -2.76. The van der Waals surface area contributed by atoms with E-state index in [2.05, 4.69) is 0 Å². The summed E-state index contributed by atoms with van der Waals surface area (Å²) in [5, 5.41) is 0. The lowest BCUT2D eigenvalue weighted by molar-refractivity contribution is 0.0945. The van der Waals surface area contributed by atoms with Gasteiger partial charge in [0.15, 0.2) is 0 Å². The standard InChI is InChI=1S/C13H10F2N2O3S/c14-10-6-7-11(15)12(8-10)21(19,20)17-16-13(18)9-4-2-1-3-5-9/h1-8,17H,(H,16,18). The van der Waals surface area contributed by atoms with Gasteiger partial charge in [-0.3, -0.25) is 10.2 Å². The lowest BCUT2D eigenvalue weighted by Crippen LogP contribution is -2.41. The number of benzene rings is 2. The van der Waals surface area contributed by atoms with E-state index in [1.54, 1.807) is 23.0 Å². The van der Waals surface area contributed by atoms with E-state index in [-0.39, 0.29) is 5.56 Å². The molecular weight excluding hydrogens is 302 g/mol. The average Bonchev–Trinajstić information content (AvgIpc) is 2.48. The van der Waals surface area contributed by atoms with Crippen LogP contribution in [0.1, 0.15) is 10.4 Å². The van der Waals surface area contributed by atoms with Crippen LogP contribution < -0.4 is 10.3 Å². The fourth-order valence-electron chi connectivity index (χ4n) is 1.51. The number of carbonyl (C=O) groups is 1. The maximum atomic E-state index is 13.4. The van der Waals surface area contributed by atoms with E-state index in [9.17, 15) is 22.0 Å². The summed E-state index contributed by atoms with van der Waals surface area (Å²) in [7, 11) is -4.41. The van der Waals surface area contributed by atoms with Crippen LogP contribution in [0.2, 0.25) is 0 Å². The molecule has 8 heteroatoms. The predicted molar refractivity (Wildman–Crippen MR) is 70.6 cm³/mol. The molecule has 0 saturated heterocycles. The summed E-state index contributed by atoms with van der Waals surface area (Å²) in [6.07, 6.45) is 0. The van der Waals surface area contributed by atoms with Crippen LogP contribution in [0.5, 0.6) is 0 Å². The van der Waals surface area contributed by atoms with Gasteiger partial charge >= 0.3 is 0 Å². The molecule has 2 rings (SSSR count). The first-order chi connectivity index (χ1) is 9.90. The Labute approximate surface area is 119 Å². The quantitative estimate of drug-likeness (QED) is 0.842. The second kappa shape index (κ2) is 5.98. The fourth-order valence-corrected chi connectivity index (χ4v) is 2.44. The van der Waals surface area contributed by atoms with Crippen molar-refractivity contribution in [2.24, 2.45) is 0 Å². The number of rotatable bonds is 4. The van der Waals surface area contributed by atoms with Crippen LogP contribution in [-0.4, -0.2) is 14.3 Å². The minimum Gasteiger partial charge on any atom is -0.273 e. The summed E-state index contributed by atoms with van der Waals surface area (Å²) in [6, 6.07) is 9.79. The van der Waals surface area contributed by atoms with Crippen LogP contribution in [0.4, 0.5) is 8.78 Å². The molecule has 0 aliphatic carbocycles. The number of hydrogen-bond acceptors (Lipinski definition) is 3. The van der Waals surface area contributed by atoms with Crippen molar-refractivity contribution in [1.29, 1.82) is 0 Å². The first-order valence-corrected chi connectivity index (χ1v) is 7.21. The lowest BCUT2D eigenvalue weighted by atomic mass is 10.2. The van der Waals surface area contributed by atoms with Gasteiger partial charge in [0.2, 0.25) is 0 Å². The molecule has 0 spiro atoms. The van der Waals surface area contributed by atoms with Gasteiger partial charge in [0.25, 0.3) is 15.9 Å². The topological polar surface area (TPSA) is 75.3 Å². The Morgan fingerprint density at radius 2 is 1.67 bits per heavy atom. The van der Waals surface area contributed by atoms with Gasteiger partial charge in [-0.1, -0.05) is 18.2 Å². The number of carbonyl (C=O) groups excluding carboxylic acids is 1. The Hall–Kier alpha value is -2.32. The minimum atomic E-state index is -4.41. The highest BCUT2D eigenvalue weighted by atomic mass is 32.2. The smallest absolute Gasteiger partial charge is 0.266 e. The molecule has 0 radical (unpaired) electrons. The van der Waals surface area contributed by atoms with Crippen molar-refractivity contribution in [3.63, 3.8) is 0 Å². The van der Waals surface area contributed by atoms with Crippen LogP contribution in [0.3, 0.4) is 0 Å². The largest absolute Gasteiger partial charge is 0.273 e. The number of hydrogen-bond donors (Lipinski definition) is 2. The molecule has 2 N–H and O–H groups in total. The number of nitrogens with one attached hydrogen (secondary N) is 2. The van der Waals surface area contributed by atoms with E-state index >= 15 is 0 Å². The maximum Gasteiger partial charge on any atom is 0.266 e. The molecule has 0 bridgehead atoms. The molecular formula is C13H10F2N2O3S. The maximum absolute atomic E-state index is 13.4. The number of halogens is 2. The molecule has 0 aliphatic heterocycles. The average molecular weight is 312 g/mol. The van der Waals surface area contributed by atoms with Crippen LogP contribution in [-0.2, 0) is 10.0 Å². The summed E-state index contributed by atoms with van der Waals surface area (Å²) in [5.41, 5.74) is 2.13. The monoisotopic (exact) mass is 312 g/mol. The highest BCUT2D eigenvalue weighted by Crippen LogP contribution is 2.15. The normalized spacial score (nSPS) is 11.1. The number of hydrazine groups is 1. The molecule has 0 aliphatic rings. The van der Waals surface area contributed by atoms with Crippen molar-refractivity contribution >= 4 is 15.9 Å². The van der Waals surface area contributed by atoms with E-state index in [4.69, 9.17) is 0 Å². The Morgan fingerprint density at radius 1 is 1.00 bits per heavy atom. The first-order valence-electron chi connectivity index (χ1n) is 5.72. The lowest BCUT2D eigenvalue weighted by Gasteiger charge is -2.09. The Balaban J connectivity index is 2.15. The first kappa shape index (κ1) is 15.1. The molecule has 21 heavy (non-hydrogen) atoms. The molecule has 0 heterocycles. The molecule has 5 nitrogen and oxygen atoms in total. The van der Waals surface area contributed by atoms with Crippen LogP contribution in [0.25, 0.3) is 0 Å². The molecule has 0 fully saturated rings. The van der Waals surface area contributed by atoms with Crippen molar-refractivity contribution in [2.75, 3.05) is 0 Å². The number of amides is 1. The second-order valence-corrected chi connectivity index (χ2v) is 5.65. The van der Waals surface area contributed by atoms with Crippen molar-refractivity contribution in [3.05, 3.63) is 65.7 Å². The molecule has 1 amide bonds. The van der Waals surface area contributed by atoms with E-state index in [0.29, 0.717) is 12.1 Å². The zero-order valence-electron chi connectivity index (χ0n) is 10.5. The highest BCUT2D eigenvalue weighted by molar-refractivity contribution is 7.89. The van der Waals surface area contributed by atoms with Gasteiger partial charge in [0, 0.05) is 5.56 Å². The summed E-state index contributed by atoms with van der Waals surface area (Å²) in [4.78, 5) is 12.5. The SMILES string of the molecule is O=C(NNS(=O)(=O)c1cc(F)ccc1F)c1ccccc1. The third-order valence-corrected chi connectivity index (χ3v) is 3.78. The van der Waals surface area contributed by atoms with Gasteiger partial charge in [0.05, 0.1) is 0 Å². The number of sulfonamides is 1. The zero-order chi connectivity index (χ0) is 15.5. The van der Waals surface area contributed by atoms with Crippen molar-refractivity contribution in [1.82, 2.24) is 10.3 Å². The highest BCUT2D eigenvalue weighted by Gasteiger charge is 2.20. The zero-order valence-corrected chi connectivity index (χ0v) is 11.3. The second-order valence-electron chi connectivity index (χ2n) is 4.00. The van der Waals surface area contributed by atoms with E-state index in [1.807, 2.05) is 5.43 Å². The summed E-state index contributed by atoms with van der Waals surface area (Å²) in [6.45, 7) is 0. The third kappa shape index (κ3) is 3.61. The van der Waals surface area contributed by atoms with Gasteiger partial charge in [-0.25, -0.2) is 17.2 Å².